The Balaban J connectivity index is 1.61. The second kappa shape index (κ2) is 9.44. The van der Waals surface area contributed by atoms with Gasteiger partial charge in [-0.25, -0.2) is 0 Å². The molecule has 2 aliphatic rings. The predicted molar refractivity (Wildman–Crippen MR) is 121 cm³/mol. The molecule has 2 aromatic rings. The fourth-order valence-corrected chi connectivity index (χ4v) is 4.35. The van der Waals surface area contributed by atoms with Crippen LogP contribution in [0.3, 0.4) is 0 Å². The molecule has 4 rings (SSSR count). The van der Waals surface area contributed by atoms with Crippen molar-refractivity contribution in [3.8, 4) is 5.88 Å². The first-order valence-electron chi connectivity index (χ1n) is 11.6. The van der Waals surface area contributed by atoms with Crippen LogP contribution in [0.5, 0.6) is 5.88 Å². The second-order valence-corrected chi connectivity index (χ2v) is 9.68. The topological polar surface area (TPSA) is 91.9 Å². The first-order chi connectivity index (χ1) is 16.0. The summed E-state index contributed by atoms with van der Waals surface area (Å²) < 4.78 is 40.5. The molecule has 0 atom stereocenters. The van der Waals surface area contributed by atoms with Gasteiger partial charge in [0.15, 0.2) is 5.56 Å². The molecule has 0 radical (unpaired) electrons. The lowest BCUT2D eigenvalue weighted by Crippen LogP contribution is -2.39. The Hall–Kier alpha value is -2.82. The molecule has 0 bridgehead atoms. The van der Waals surface area contributed by atoms with E-state index in [1.165, 1.54) is 20.2 Å². The van der Waals surface area contributed by atoms with Gasteiger partial charge in [-0.05, 0) is 50.6 Å². The number of rotatable bonds is 7. The molecule has 34 heavy (non-hydrogen) atoms. The standard InChI is InChI=1S/C23H30F3N5O3/c1-14(2)12-30-20-16(4-3-15-7-9-29(10-8-15)13-23(24,25)26)11-27-31(20)22(34)18(21(30)33)19(32)28-17-5-6-17/h3-4,11,14-15,17,34H,5-10,12-13H2,1-2H3,(H,28,32). The lowest BCUT2D eigenvalue weighted by atomic mass is 9.96. The average Bonchev–Trinajstić information content (AvgIpc) is 3.45. The number of piperidine rings is 1. The minimum atomic E-state index is -4.20. The Kier molecular flexibility index (Phi) is 6.75. The molecule has 2 aromatic heterocycles. The number of alkyl halides is 3. The molecule has 3 heterocycles. The molecule has 1 aliphatic carbocycles. The number of likely N-dealkylation sites (tertiary alicyclic amines) is 1. The van der Waals surface area contributed by atoms with Crippen molar-refractivity contribution in [2.24, 2.45) is 11.8 Å². The Morgan fingerprint density at radius 2 is 1.94 bits per heavy atom. The fourth-order valence-electron chi connectivity index (χ4n) is 4.35. The zero-order valence-corrected chi connectivity index (χ0v) is 19.3. The van der Waals surface area contributed by atoms with Crippen LogP contribution in [0, 0.1) is 11.8 Å². The molecule has 0 spiro atoms. The van der Waals surface area contributed by atoms with E-state index in [4.69, 9.17) is 0 Å². The van der Waals surface area contributed by atoms with Crippen molar-refractivity contribution >= 4 is 17.6 Å². The molecule has 0 aromatic carbocycles. The average molecular weight is 482 g/mol. The van der Waals surface area contributed by atoms with Gasteiger partial charge >= 0.3 is 6.18 Å². The van der Waals surface area contributed by atoms with E-state index in [9.17, 15) is 27.9 Å². The molecule has 186 valence electrons. The zero-order valence-electron chi connectivity index (χ0n) is 19.3. The molecular formula is C23H30F3N5O3. The van der Waals surface area contributed by atoms with Crippen molar-refractivity contribution in [1.29, 1.82) is 0 Å². The first-order valence-corrected chi connectivity index (χ1v) is 11.6. The summed E-state index contributed by atoms with van der Waals surface area (Å²) in [5.74, 6) is -0.919. The highest BCUT2D eigenvalue weighted by Crippen LogP contribution is 2.26. The highest BCUT2D eigenvalue weighted by molar-refractivity contribution is 5.96. The third-order valence-corrected chi connectivity index (χ3v) is 6.18. The minimum Gasteiger partial charge on any atom is -0.492 e. The third kappa shape index (κ3) is 5.45. The van der Waals surface area contributed by atoms with Crippen LogP contribution in [-0.2, 0) is 6.54 Å². The van der Waals surface area contributed by atoms with Crippen molar-refractivity contribution < 1.29 is 23.1 Å². The largest absolute Gasteiger partial charge is 0.492 e. The van der Waals surface area contributed by atoms with Gasteiger partial charge in [0, 0.05) is 18.2 Å². The van der Waals surface area contributed by atoms with E-state index in [-0.39, 0.29) is 23.4 Å². The Morgan fingerprint density at radius 1 is 1.26 bits per heavy atom. The minimum absolute atomic E-state index is 0.0270. The monoisotopic (exact) mass is 481 g/mol. The quantitative estimate of drug-likeness (QED) is 0.634. The van der Waals surface area contributed by atoms with Crippen LogP contribution >= 0.6 is 0 Å². The lowest BCUT2D eigenvalue weighted by molar-refractivity contribution is -0.148. The SMILES string of the molecule is CC(C)Cn1c(=O)c(C(=O)NC2CC2)c(O)n2ncc(C=CC3CCN(CC(F)(F)F)CC3)c12. The fraction of sp³-hybridized carbons (Fsp3) is 0.609. The molecule has 1 saturated heterocycles. The molecule has 2 N–H and O–H groups in total. The molecular weight excluding hydrogens is 451 g/mol. The number of halogens is 3. The van der Waals surface area contributed by atoms with E-state index < -0.39 is 30.1 Å². The summed E-state index contributed by atoms with van der Waals surface area (Å²) in [5, 5.41) is 17.7. The van der Waals surface area contributed by atoms with Crippen LogP contribution in [0.15, 0.2) is 17.1 Å². The highest BCUT2D eigenvalue weighted by atomic mass is 19.4. The summed E-state index contributed by atoms with van der Waals surface area (Å²) in [6.07, 6.45) is 3.94. The van der Waals surface area contributed by atoms with Gasteiger partial charge in [-0.2, -0.15) is 22.8 Å². The number of hydrogen-bond donors (Lipinski definition) is 2. The van der Waals surface area contributed by atoms with Crippen molar-refractivity contribution in [1.82, 2.24) is 24.4 Å². The number of nitrogens with one attached hydrogen (secondary N) is 1. The number of nitrogens with zero attached hydrogens (tertiary/aromatic N) is 4. The number of aromatic nitrogens is 3. The van der Waals surface area contributed by atoms with E-state index in [0.29, 0.717) is 43.7 Å². The van der Waals surface area contributed by atoms with Gasteiger partial charge < -0.3 is 10.4 Å². The maximum absolute atomic E-state index is 13.3. The Morgan fingerprint density at radius 3 is 2.53 bits per heavy atom. The molecule has 2 fully saturated rings. The van der Waals surface area contributed by atoms with Gasteiger partial charge in [0.05, 0.1) is 12.7 Å². The smallest absolute Gasteiger partial charge is 0.401 e. The maximum atomic E-state index is 13.3. The highest BCUT2D eigenvalue weighted by Gasteiger charge is 2.32. The zero-order chi connectivity index (χ0) is 24.6. The molecule has 1 amide bonds. The Bertz CT molecular complexity index is 1140. The number of amides is 1. The summed E-state index contributed by atoms with van der Waals surface area (Å²) in [4.78, 5) is 27.3. The van der Waals surface area contributed by atoms with Crippen LogP contribution in [0.1, 0.15) is 55.5 Å². The van der Waals surface area contributed by atoms with E-state index in [1.807, 2.05) is 19.9 Å². The Labute approximate surface area is 195 Å². The molecule has 11 heteroatoms. The summed E-state index contributed by atoms with van der Waals surface area (Å²) in [7, 11) is 0. The molecule has 1 saturated carbocycles. The number of carbonyl (C=O) groups is 1. The van der Waals surface area contributed by atoms with Gasteiger partial charge in [-0.1, -0.05) is 26.0 Å². The number of allylic oxidation sites excluding steroid dienone is 1. The summed E-state index contributed by atoms with van der Waals surface area (Å²) in [6, 6.07) is 0.0270. The van der Waals surface area contributed by atoms with Gasteiger partial charge in [0.1, 0.15) is 5.65 Å². The van der Waals surface area contributed by atoms with Crippen LogP contribution in [-0.4, -0.2) is 61.9 Å². The predicted octanol–water partition coefficient (Wildman–Crippen LogP) is 3.04. The maximum Gasteiger partial charge on any atom is 0.401 e. The van der Waals surface area contributed by atoms with Gasteiger partial charge in [-0.3, -0.25) is 19.1 Å². The van der Waals surface area contributed by atoms with Crippen LogP contribution in [0.25, 0.3) is 11.7 Å². The normalized spacial score (nSPS) is 18.4. The lowest BCUT2D eigenvalue weighted by Gasteiger charge is -2.31. The van der Waals surface area contributed by atoms with Gasteiger partial charge in [0.25, 0.3) is 11.5 Å². The van der Waals surface area contributed by atoms with Gasteiger partial charge in [-0.15, -0.1) is 0 Å². The molecule has 1 aliphatic heterocycles. The van der Waals surface area contributed by atoms with Crippen LogP contribution in [0.4, 0.5) is 13.2 Å². The van der Waals surface area contributed by atoms with Crippen LogP contribution in [0.2, 0.25) is 0 Å². The van der Waals surface area contributed by atoms with E-state index >= 15 is 0 Å². The van der Waals surface area contributed by atoms with Crippen molar-refractivity contribution in [3.05, 3.63) is 33.8 Å². The van der Waals surface area contributed by atoms with Crippen molar-refractivity contribution in [3.63, 3.8) is 0 Å². The number of fused-ring (bicyclic) bond motifs is 1. The van der Waals surface area contributed by atoms with Crippen molar-refractivity contribution in [2.45, 2.75) is 58.3 Å². The number of aromatic hydroxyl groups is 1. The second-order valence-electron chi connectivity index (χ2n) is 9.68. The van der Waals surface area contributed by atoms with E-state index in [2.05, 4.69) is 10.4 Å². The van der Waals surface area contributed by atoms with E-state index in [0.717, 1.165) is 12.8 Å². The van der Waals surface area contributed by atoms with Crippen molar-refractivity contribution in [2.75, 3.05) is 19.6 Å². The summed E-state index contributed by atoms with van der Waals surface area (Å²) >= 11 is 0. The van der Waals surface area contributed by atoms with Crippen LogP contribution < -0.4 is 10.9 Å². The van der Waals surface area contributed by atoms with Gasteiger partial charge in [0.2, 0.25) is 5.88 Å². The van der Waals surface area contributed by atoms with E-state index in [1.54, 1.807) is 6.08 Å². The summed E-state index contributed by atoms with van der Waals surface area (Å²) in [6.45, 7) is 4.05. The third-order valence-electron chi connectivity index (χ3n) is 6.18. The first kappa shape index (κ1) is 24.3. The molecule has 8 nitrogen and oxygen atoms in total. The number of carbonyl (C=O) groups excluding carboxylic acids is 1. The molecule has 0 unspecified atom stereocenters. The summed E-state index contributed by atoms with van der Waals surface area (Å²) in [5.41, 5.74) is 0.0769. The number of hydrogen-bond acceptors (Lipinski definition) is 5.